The molecule has 0 amide bonds. The predicted octanol–water partition coefficient (Wildman–Crippen LogP) is 0.680. The van der Waals surface area contributed by atoms with Crippen molar-refractivity contribution >= 4 is 0 Å². The van der Waals surface area contributed by atoms with Gasteiger partial charge in [0.2, 0.25) is 0 Å². The topological polar surface area (TPSA) is 31.2 Å². The summed E-state index contributed by atoms with van der Waals surface area (Å²) in [5.41, 5.74) is 0. The third kappa shape index (κ3) is 0.988. The average Bonchev–Trinajstić information content (AvgIpc) is 2.59. The monoisotopic (exact) mass is 140 g/mol. The van der Waals surface area contributed by atoms with Crippen LogP contribution in [0.3, 0.4) is 0 Å². The summed E-state index contributed by atoms with van der Waals surface area (Å²) in [4.78, 5) is 0. The molecule has 2 rings (SSSR count). The van der Waals surface area contributed by atoms with Crippen molar-refractivity contribution in [1.29, 1.82) is 0 Å². The van der Waals surface area contributed by atoms with E-state index in [-0.39, 0.29) is 0 Å². The minimum Gasteiger partial charge on any atom is -0.207 e. The molecular weight excluding hydrogens is 128 g/mol. The smallest absolute Gasteiger partial charge is 0.0830 e. The standard InChI is InChI=1S/C6H12N4/c1-2-5-9(4-1)10-6-3-7-8-10/h1-6H2. The molecule has 2 aliphatic rings. The van der Waals surface area contributed by atoms with Crippen LogP contribution in [-0.2, 0) is 0 Å². The van der Waals surface area contributed by atoms with Gasteiger partial charge < -0.3 is 0 Å². The van der Waals surface area contributed by atoms with Gasteiger partial charge in [-0.3, -0.25) is 0 Å². The van der Waals surface area contributed by atoms with E-state index in [9.17, 15) is 0 Å². The van der Waals surface area contributed by atoms with Gasteiger partial charge in [-0.05, 0) is 12.8 Å². The minimum atomic E-state index is 0.872. The van der Waals surface area contributed by atoms with Crippen molar-refractivity contribution in [3.8, 4) is 0 Å². The summed E-state index contributed by atoms with van der Waals surface area (Å²) in [6.07, 6.45) is 2.62. The lowest BCUT2D eigenvalue weighted by molar-refractivity contribution is 0.0106. The molecule has 0 aromatic heterocycles. The first-order chi connectivity index (χ1) is 4.97. The van der Waals surface area contributed by atoms with Gasteiger partial charge in [0, 0.05) is 13.1 Å². The maximum absolute atomic E-state index is 4.00. The molecule has 2 aliphatic heterocycles. The van der Waals surface area contributed by atoms with Crippen molar-refractivity contribution in [3.63, 3.8) is 0 Å². The zero-order valence-electron chi connectivity index (χ0n) is 6.03. The second-order valence-corrected chi connectivity index (χ2v) is 2.71. The molecule has 56 valence electrons. The van der Waals surface area contributed by atoms with Crippen molar-refractivity contribution in [2.75, 3.05) is 26.2 Å². The number of hydrogen-bond donors (Lipinski definition) is 0. The third-order valence-electron chi connectivity index (χ3n) is 1.98. The van der Waals surface area contributed by atoms with Gasteiger partial charge in [0.05, 0.1) is 13.1 Å². The maximum Gasteiger partial charge on any atom is 0.0830 e. The van der Waals surface area contributed by atoms with Gasteiger partial charge in [-0.2, -0.15) is 5.11 Å². The van der Waals surface area contributed by atoms with Gasteiger partial charge >= 0.3 is 0 Å². The molecule has 10 heavy (non-hydrogen) atoms. The second-order valence-electron chi connectivity index (χ2n) is 2.71. The minimum absolute atomic E-state index is 0.872. The highest BCUT2D eigenvalue weighted by Crippen LogP contribution is 2.13. The van der Waals surface area contributed by atoms with E-state index < -0.39 is 0 Å². The third-order valence-corrected chi connectivity index (χ3v) is 1.98. The van der Waals surface area contributed by atoms with E-state index in [0.717, 1.165) is 13.1 Å². The summed E-state index contributed by atoms with van der Waals surface area (Å²) in [5.74, 6) is 0. The predicted molar refractivity (Wildman–Crippen MR) is 37.2 cm³/mol. The molecule has 0 aromatic rings. The second kappa shape index (κ2) is 2.54. The number of hydrazine groups is 1. The molecule has 0 radical (unpaired) electrons. The van der Waals surface area contributed by atoms with E-state index in [4.69, 9.17) is 0 Å². The van der Waals surface area contributed by atoms with Crippen molar-refractivity contribution in [2.45, 2.75) is 12.8 Å². The van der Waals surface area contributed by atoms with Gasteiger partial charge in [0.15, 0.2) is 0 Å². The van der Waals surface area contributed by atoms with E-state index >= 15 is 0 Å². The fourth-order valence-corrected chi connectivity index (χ4v) is 1.43. The molecular formula is C6H12N4. The van der Waals surface area contributed by atoms with Gasteiger partial charge in [-0.15, -0.1) is 0 Å². The van der Waals surface area contributed by atoms with Crippen molar-refractivity contribution < 1.29 is 0 Å². The first-order valence-electron chi connectivity index (χ1n) is 3.86. The summed E-state index contributed by atoms with van der Waals surface area (Å²) >= 11 is 0. The van der Waals surface area contributed by atoms with Crippen LogP contribution < -0.4 is 0 Å². The normalized spacial score (nSPS) is 26.6. The average molecular weight is 140 g/mol. The van der Waals surface area contributed by atoms with Crippen LogP contribution in [0.15, 0.2) is 10.3 Å². The van der Waals surface area contributed by atoms with Crippen LogP contribution in [0.1, 0.15) is 12.8 Å². The van der Waals surface area contributed by atoms with Gasteiger partial charge in [-0.1, -0.05) is 5.22 Å². The van der Waals surface area contributed by atoms with Gasteiger partial charge in [0.1, 0.15) is 0 Å². The lowest BCUT2D eigenvalue weighted by atomic mass is 10.4. The van der Waals surface area contributed by atoms with E-state index in [2.05, 4.69) is 15.3 Å². The molecule has 0 unspecified atom stereocenters. The first-order valence-corrected chi connectivity index (χ1v) is 3.86. The molecule has 0 N–H and O–H groups in total. The van der Waals surface area contributed by atoms with E-state index in [0.29, 0.717) is 0 Å². The Morgan fingerprint density at radius 3 is 2.40 bits per heavy atom. The van der Waals surface area contributed by atoms with Crippen molar-refractivity contribution in [2.24, 2.45) is 10.3 Å². The van der Waals surface area contributed by atoms with Crippen LogP contribution in [0, 0.1) is 0 Å². The highest BCUT2D eigenvalue weighted by atomic mass is 15.8. The molecule has 1 fully saturated rings. The van der Waals surface area contributed by atoms with Gasteiger partial charge in [-0.25, -0.2) is 10.1 Å². The Balaban J connectivity index is 1.91. The molecule has 0 saturated carbocycles. The SMILES string of the molecule is C1CCN(N2CCN=N2)C1. The highest BCUT2D eigenvalue weighted by molar-refractivity contribution is 4.65. The Morgan fingerprint density at radius 1 is 1.00 bits per heavy atom. The molecule has 4 heteroatoms. The molecule has 0 aromatic carbocycles. The van der Waals surface area contributed by atoms with Crippen molar-refractivity contribution in [1.82, 2.24) is 10.1 Å². The Hall–Kier alpha value is -0.640. The zero-order chi connectivity index (χ0) is 6.81. The Labute approximate surface area is 60.5 Å². The number of hydrogen-bond acceptors (Lipinski definition) is 4. The Bertz CT molecular complexity index is 139. The largest absolute Gasteiger partial charge is 0.207 e. The molecule has 0 atom stereocenters. The van der Waals surface area contributed by atoms with Gasteiger partial charge in [0.25, 0.3) is 0 Å². The Kier molecular flexibility index (Phi) is 1.55. The van der Waals surface area contributed by atoms with E-state index in [1.54, 1.807) is 0 Å². The summed E-state index contributed by atoms with van der Waals surface area (Å²) < 4.78 is 0. The van der Waals surface area contributed by atoms with E-state index in [1.807, 2.05) is 5.12 Å². The highest BCUT2D eigenvalue weighted by Gasteiger charge is 2.19. The quantitative estimate of drug-likeness (QED) is 0.536. The number of rotatable bonds is 1. The Morgan fingerprint density at radius 2 is 1.80 bits per heavy atom. The summed E-state index contributed by atoms with van der Waals surface area (Å²) in [7, 11) is 0. The lowest BCUT2D eigenvalue weighted by Crippen LogP contribution is -2.35. The summed E-state index contributed by atoms with van der Waals surface area (Å²) in [6.45, 7) is 4.19. The fraction of sp³-hybridized carbons (Fsp3) is 1.00. The molecule has 0 aliphatic carbocycles. The molecule has 0 spiro atoms. The maximum atomic E-state index is 4.00. The van der Waals surface area contributed by atoms with Crippen LogP contribution in [0.4, 0.5) is 0 Å². The zero-order valence-corrected chi connectivity index (χ0v) is 6.03. The van der Waals surface area contributed by atoms with Crippen molar-refractivity contribution in [3.05, 3.63) is 0 Å². The number of nitrogens with zero attached hydrogens (tertiary/aromatic N) is 4. The van der Waals surface area contributed by atoms with Crippen LogP contribution in [-0.4, -0.2) is 36.3 Å². The van der Waals surface area contributed by atoms with E-state index in [1.165, 1.54) is 25.9 Å². The van der Waals surface area contributed by atoms with Crippen LogP contribution >= 0.6 is 0 Å². The van der Waals surface area contributed by atoms with Crippen LogP contribution in [0.5, 0.6) is 0 Å². The molecule has 4 nitrogen and oxygen atoms in total. The van der Waals surface area contributed by atoms with Crippen LogP contribution in [0.25, 0.3) is 0 Å². The summed E-state index contributed by atoms with van der Waals surface area (Å²) in [6, 6.07) is 0. The molecule has 2 heterocycles. The summed E-state index contributed by atoms with van der Waals surface area (Å²) in [5, 5.41) is 12.2. The lowest BCUT2D eigenvalue weighted by Gasteiger charge is -2.22. The van der Waals surface area contributed by atoms with Crippen LogP contribution in [0.2, 0.25) is 0 Å². The molecule has 0 bridgehead atoms. The molecule has 1 saturated heterocycles. The first kappa shape index (κ1) is 6.09. The fourth-order valence-electron chi connectivity index (χ4n) is 1.43.